The van der Waals surface area contributed by atoms with E-state index >= 15 is 0 Å². The molecule has 1 aliphatic rings. The molecule has 0 amide bonds. The van der Waals surface area contributed by atoms with Gasteiger partial charge in [-0.1, -0.05) is 27.5 Å². The second-order valence-electron chi connectivity index (χ2n) is 4.84. The maximum absolute atomic E-state index is 14.1. The lowest BCUT2D eigenvalue weighted by Gasteiger charge is -2.18. The van der Waals surface area contributed by atoms with Gasteiger partial charge >= 0.3 is 0 Å². The number of rotatable bonds is 2. The summed E-state index contributed by atoms with van der Waals surface area (Å²) in [6.07, 6.45) is 0.709. The zero-order chi connectivity index (χ0) is 15.1. The molecular weight excluding hydrogens is 364 g/mol. The summed E-state index contributed by atoms with van der Waals surface area (Å²) in [6.45, 7) is 0.515. The highest BCUT2D eigenvalue weighted by molar-refractivity contribution is 9.10. The number of ether oxygens (including phenoxy) is 1. The van der Waals surface area contributed by atoms with E-state index in [9.17, 15) is 8.78 Å². The van der Waals surface area contributed by atoms with Crippen LogP contribution in [0.3, 0.4) is 0 Å². The van der Waals surface area contributed by atoms with Crippen molar-refractivity contribution in [2.45, 2.75) is 12.5 Å². The van der Waals surface area contributed by atoms with Crippen molar-refractivity contribution < 1.29 is 13.5 Å². The Morgan fingerprint density at radius 2 is 1.86 bits per heavy atom. The maximum Gasteiger partial charge on any atom is 0.132 e. The van der Waals surface area contributed by atoms with Gasteiger partial charge in [-0.3, -0.25) is 0 Å². The summed E-state index contributed by atoms with van der Waals surface area (Å²) in [6, 6.07) is 4.77. The fraction of sp³-hybridized carbons (Fsp3) is 0.200. The third-order valence-corrected chi connectivity index (χ3v) is 4.14. The smallest absolute Gasteiger partial charge is 0.132 e. The van der Waals surface area contributed by atoms with E-state index in [0.29, 0.717) is 33.8 Å². The summed E-state index contributed by atoms with van der Waals surface area (Å²) in [4.78, 5) is 0. The number of halogens is 4. The van der Waals surface area contributed by atoms with Gasteiger partial charge in [0.05, 0.1) is 12.6 Å². The molecule has 0 spiro atoms. The first-order chi connectivity index (χ1) is 9.97. The van der Waals surface area contributed by atoms with Gasteiger partial charge < -0.3 is 10.5 Å². The van der Waals surface area contributed by atoms with Crippen molar-refractivity contribution in [1.82, 2.24) is 0 Å². The third kappa shape index (κ3) is 2.65. The molecule has 2 aromatic rings. The molecule has 0 bridgehead atoms. The number of nitrogens with two attached hydrogens (primary N) is 1. The molecule has 0 aliphatic carbocycles. The molecule has 1 unspecified atom stereocenters. The standard InChI is InChI=1S/C15H11BrClF2NO/c16-8-4-11(18)13(12(19)5-8)14(20)10-6-9(17)3-7-1-2-21-15(7)10/h3-6,14H,1-2,20H2. The van der Waals surface area contributed by atoms with Crippen LogP contribution in [0.15, 0.2) is 28.7 Å². The monoisotopic (exact) mass is 373 g/mol. The average molecular weight is 375 g/mol. The first kappa shape index (κ1) is 14.8. The van der Waals surface area contributed by atoms with Crippen molar-refractivity contribution in [2.24, 2.45) is 5.73 Å². The zero-order valence-electron chi connectivity index (χ0n) is 10.8. The first-order valence-electron chi connectivity index (χ1n) is 6.32. The van der Waals surface area contributed by atoms with E-state index in [-0.39, 0.29) is 5.56 Å². The van der Waals surface area contributed by atoms with Crippen LogP contribution in [0.1, 0.15) is 22.7 Å². The van der Waals surface area contributed by atoms with E-state index in [1.54, 1.807) is 12.1 Å². The van der Waals surface area contributed by atoms with E-state index < -0.39 is 17.7 Å². The van der Waals surface area contributed by atoms with Crippen molar-refractivity contribution >= 4 is 27.5 Å². The van der Waals surface area contributed by atoms with Crippen molar-refractivity contribution in [3.63, 3.8) is 0 Å². The molecule has 0 radical (unpaired) electrons. The Balaban J connectivity index is 2.14. The summed E-state index contributed by atoms with van der Waals surface area (Å²) in [5.41, 5.74) is 7.28. The summed E-state index contributed by atoms with van der Waals surface area (Å²) in [5, 5.41) is 0.475. The van der Waals surface area contributed by atoms with Gasteiger partial charge in [-0.25, -0.2) is 8.78 Å². The van der Waals surface area contributed by atoms with Crippen LogP contribution in [0.25, 0.3) is 0 Å². The molecule has 110 valence electrons. The molecule has 3 rings (SSSR count). The molecule has 1 heterocycles. The highest BCUT2D eigenvalue weighted by atomic mass is 79.9. The molecule has 2 nitrogen and oxygen atoms in total. The van der Waals surface area contributed by atoms with Gasteiger partial charge in [-0.15, -0.1) is 0 Å². The topological polar surface area (TPSA) is 35.2 Å². The molecular formula is C15H11BrClF2NO. The molecule has 0 saturated carbocycles. The van der Waals surface area contributed by atoms with Crippen molar-refractivity contribution in [1.29, 1.82) is 0 Å². The molecule has 2 aromatic carbocycles. The van der Waals surface area contributed by atoms with Gasteiger partial charge in [0.15, 0.2) is 0 Å². The van der Waals surface area contributed by atoms with Gasteiger partial charge in [0.1, 0.15) is 17.4 Å². The van der Waals surface area contributed by atoms with Crippen molar-refractivity contribution in [3.8, 4) is 5.75 Å². The summed E-state index contributed by atoms with van der Waals surface area (Å²) in [7, 11) is 0. The minimum absolute atomic E-state index is 0.196. The van der Waals surface area contributed by atoms with Gasteiger partial charge in [-0.05, 0) is 29.8 Å². The third-order valence-electron chi connectivity index (χ3n) is 3.47. The number of fused-ring (bicyclic) bond motifs is 1. The normalized spacial score (nSPS) is 14.7. The second kappa shape index (κ2) is 5.55. The van der Waals surface area contributed by atoms with Crippen LogP contribution in [-0.4, -0.2) is 6.61 Å². The van der Waals surface area contributed by atoms with E-state index in [0.717, 1.165) is 5.56 Å². The van der Waals surface area contributed by atoms with Gasteiger partial charge in [0.2, 0.25) is 0 Å². The molecule has 0 fully saturated rings. The Labute approximate surface area is 134 Å². The molecule has 1 atom stereocenters. The Morgan fingerprint density at radius 3 is 2.52 bits per heavy atom. The number of hydrogen-bond acceptors (Lipinski definition) is 2. The largest absolute Gasteiger partial charge is 0.493 e. The number of hydrogen-bond donors (Lipinski definition) is 1. The average Bonchev–Trinajstić information content (AvgIpc) is 2.84. The molecule has 1 aliphatic heterocycles. The van der Waals surface area contributed by atoms with E-state index in [2.05, 4.69) is 15.9 Å². The lowest BCUT2D eigenvalue weighted by molar-refractivity contribution is 0.352. The van der Waals surface area contributed by atoms with Crippen LogP contribution in [0.5, 0.6) is 5.75 Å². The van der Waals surface area contributed by atoms with Gasteiger partial charge in [-0.2, -0.15) is 0 Å². The van der Waals surface area contributed by atoms with Crippen molar-refractivity contribution in [3.05, 3.63) is 62.1 Å². The fourth-order valence-corrected chi connectivity index (χ4v) is 3.19. The maximum atomic E-state index is 14.1. The van der Waals surface area contributed by atoms with Gasteiger partial charge in [0.25, 0.3) is 0 Å². The molecule has 6 heteroatoms. The second-order valence-corrected chi connectivity index (χ2v) is 6.19. The van der Waals surface area contributed by atoms with Crippen LogP contribution >= 0.6 is 27.5 Å². The van der Waals surface area contributed by atoms with E-state index in [1.807, 2.05) is 0 Å². The lowest BCUT2D eigenvalue weighted by atomic mass is 9.96. The molecule has 21 heavy (non-hydrogen) atoms. The van der Waals surface area contributed by atoms with Crippen LogP contribution < -0.4 is 10.5 Å². The Morgan fingerprint density at radius 1 is 1.19 bits per heavy atom. The molecule has 2 N–H and O–H groups in total. The zero-order valence-corrected chi connectivity index (χ0v) is 13.1. The van der Waals surface area contributed by atoms with E-state index in [1.165, 1.54) is 12.1 Å². The molecule has 0 aromatic heterocycles. The van der Waals surface area contributed by atoms with Gasteiger partial charge in [0, 0.05) is 27.0 Å². The summed E-state index contributed by atoms with van der Waals surface area (Å²) in [5.74, 6) is -0.837. The Hall–Kier alpha value is -1.17. The minimum atomic E-state index is -0.983. The summed E-state index contributed by atoms with van der Waals surface area (Å²) >= 11 is 9.11. The van der Waals surface area contributed by atoms with Crippen molar-refractivity contribution in [2.75, 3.05) is 6.61 Å². The van der Waals surface area contributed by atoms with E-state index in [4.69, 9.17) is 22.1 Å². The van der Waals surface area contributed by atoms with Crippen LogP contribution in [0, 0.1) is 11.6 Å². The van der Waals surface area contributed by atoms with Crippen LogP contribution in [-0.2, 0) is 6.42 Å². The Kier molecular flexibility index (Phi) is 3.90. The minimum Gasteiger partial charge on any atom is -0.493 e. The molecule has 0 saturated heterocycles. The Bertz CT molecular complexity index is 700. The predicted molar refractivity (Wildman–Crippen MR) is 80.7 cm³/mol. The fourth-order valence-electron chi connectivity index (χ4n) is 2.53. The lowest BCUT2D eigenvalue weighted by Crippen LogP contribution is -2.16. The SMILES string of the molecule is NC(c1cc(Cl)cc2c1OCC2)c1c(F)cc(Br)cc1F. The quantitative estimate of drug-likeness (QED) is 0.847. The first-order valence-corrected chi connectivity index (χ1v) is 7.49. The van der Waals surface area contributed by atoms with Crippen LogP contribution in [0.2, 0.25) is 5.02 Å². The number of benzene rings is 2. The van der Waals surface area contributed by atoms with Crippen LogP contribution in [0.4, 0.5) is 8.78 Å². The summed E-state index contributed by atoms with van der Waals surface area (Å²) < 4.78 is 34.0. The predicted octanol–water partition coefficient (Wildman–Crippen LogP) is 4.36. The highest BCUT2D eigenvalue weighted by Crippen LogP contribution is 2.39. The highest BCUT2D eigenvalue weighted by Gasteiger charge is 2.26.